The molecule has 2 atom stereocenters. The number of hydrogen-bond acceptors (Lipinski definition) is 3. The van der Waals surface area contributed by atoms with Crippen molar-refractivity contribution in [2.75, 3.05) is 0 Å². The van der Waals surface area contributed by atoms with E-state index in [9.17, 15) is 10.2 Å². The number of nitrogens with one attached hydrogen (secondary N) is 1. The van der Waals surface area contributed by atoms with Crippen molar-refractivity contribution in [1.29, 1.82) is 0 Å². The second-order valence-electron chi connectivity index (χ2n) is 4.87. The van der Waals surface area contributed by atoms with Crippen LogP contribution in [0.2, 0.25) is 0 Å². The summed E-state index contributed by atoms with van der Waals surface area (Å²) in [5.74, 6) is 0.206. The minimum Gasteiger partial charge on any atom is -0.507 e. The second-order valence-corrected chi connectivity index (χ2v) is 5.79. The summed E-state index contributed by atoms with van der Waals surface area (Å²) in [5.41, 5.74) is 1.66. The van der Waals surface area contributed by atoms with Crippen LogP contribution in [0.4, 0.5) is 0 Å². The number of hydrogen-bond donors (Lipinski definition) is 3. The average Bonchev–Trinajstić information content (AvgIpc) is 2.38. The van der Waals surface area contributed by atoms with Gasteiger partial charge in [-0.25, -0.2) is 0 Å². The van der Waals surface area contributed by atoms with Gasteiger partial charge in [-0.05, 0) is 43.7 Å². The Morgan fingerprint density at radius 2 is 1.55 bits per heavy atom. The van der Waals surface area contributed by atoms with Gasteiger partial charge in [-0.2, -0.15) is 0 Å². The van der Waals surface area contributed by atoms with Crippen molar-refractivity contribution in [3.63, 3.8) is 0 Å². The molecule has 0 fully saturated rings. The monoisotopic (exact) mass is 335 g/mol. The molecule has 106 valence electrons. The van der Waals surface area contributed by atoms with E-state index in [1.807, 2.05) is 25.1 Å². The van der Waals surface area contributed by atoms with Gasteiger partial charge in [0, 0.05) is 16.6 Å². The van der Waals surface area contributed by atoms with Crippen LogP contribution >= 0.6 is 15.9 Å². The molecule has 0 aliphatic carbocycles. The highest BCUT2D eigenvalue weighted by Crippen LogP contribution is 2.33. The molecule has 0 bridgehead atoms. The first-order chi connectivity index (χ1) is 9.49. The summed E-state index contributed by atoms with van der Waals surface area (Å²) in [6, 6.07) is 12.8. The lowest BCUT2D eigenvalue weighted by Gasteiger charge is -2.22. The topological polar surface area (TPSA) is 52.5 Å². The molecule has 0 heterocycles. The minimum absolute atomic E-state index is 0.0986. The molecule has 0 aliphatic heterocycles. The summed E-state index contributed by atoms with van der Waals surface area (Å²) < 4.78 is 1.03. The van der Waals surface area contributed by atoms with Crippen LogP contribution in [-0.2, 0) is 0 Å². The van der Waals surface area contributed by atoms with Crippen LogP contribution in [0, 0.1) is 0 Å². The Balaban J connectivity index is 2.17. The smallest absolute Gasteiger partial charge is 0.124 e. The molecule has 2 rings (SSSR count). The van der Waals surface area contributed by atoms with E-state index >= 15 is 0 Å². The van der Waals surface area contributed by atoms with Gasteiger partial charge >= 0.3 is 0 Å². The van der Waals surface area contributed by atoms with Crippen LogP contribution in [0.15, 0.2) is 46.9 Å². The fourth-order valence-electron chi connectivity index (χ4n) is 2.32. The molecule has 2 aromatic rings. The first-order valence-corrected chi connectivity index (χ1v) is 7.30. The Hall–Kier alpha value is -1.52. The third-order valence-corrected chi connectivity index (χ3v) is 3.84. The van der Waals surface area contributed by atoms with E-state index < -0.39 is 0 Å². The minimum atomic E-state index is -0.162. The van der Waals surface area contributed by atoms with Gasteiger partial charge in [-0.1, -0.05) is 34.1 Å². The molecule has 0 amide bonds. The lowest BCUT2D eigenvalue weighted by molar-refractivity contribution is 0.407. The van der Waals surface area contributed by atoms with E-state index in [4.69, 9.17) is 0 Å². The van der Waals surface area contributed by atoms with Gasteiger partial charge in [0.15, 0.2) is 0 Å². The van der Waals surface area contributed by atoms with Crippen LogP contribution in [0.5, 0.6) is 11.5 Å². The summed E-state index contributed by atoms with van der Waals surface area (Å²) in [6.07, 6.45) is 0. The van der Waals surface area contributed by atoms with E-state index in [1.165, 1.54) is 0 Å². The molecule has 3 nitrogen and oxygen atoms in total. The third-order valence-electron chi connectivity index (χ3n) is 3.34. The summed E-state index contributed by atoms with van der Waals surface area (Å²) in [4.78, 5) is 0. The Bertz CT molecular complexity index is 581. The van der Waals surface area contributed by atoms with Crippen molar-refractivity contribution in [3.05, 3.63) is 58.1 Å². The van der Waals surface area contributed by atoms with Crippen LogP contribution in [0.25, 0.3) is 0 Å². The maximum Gasteiger partial charge on any atom is 0.124 e. The molecular formula is C16H18BrNO2. The Labute approximate surface area is 127 Å². The first-order valence-electron chi connectivity index (χ1n) is 6.51. The third kappa shape index (κ3) is 3.32. The van der Waals surface area contributed by atoms with Crippen molar-refractivity contribution >= 4 is 15.9 Å². The Morgan fingerprint density at radius 1 is 0.950 bits per heavy atom. The zero-order valence-electron chi connectivity index (χ0n) is 11.5. The van der Waals surface area contributed by atoms with Crippen molar-refractivity contribution in [2.45, 2.75) is 25.9 Å². The van der Waals surface area contributed by atoms with E-state index in [2.05, 4.69) is 34.2 Å². The molecule has 20 heavy (non-hydrogen) atoms. The van der Waals surface area contributed by atoms with Crippen molar-refractivity contribution in [1.82, 2.24) is 5.32 Å². The number of phenolic OH excluding ortho intramolecular Hbond substituents is 2. The zero-order chi connectivity index (χ0) is 14.7. The maximum absolute atomic E-state index is 9.88. The predicted molar refractivity (Wildman–Crippen MR) is 83.9 cm³/mol. The molecule has 0 aromatic heterocycles. The van der Waals surface area contributed by atoms with Crippen molar-refractivity contribution in [3.8, 4) is 11.5 Å². The van der Waals surface area contributed by atoms with Gasteiger partial charge in [-0.15, -0.1) is 0 Å². The summed E-state index contributed by atoms with van der Waals surface area (Å²) in [7, 11) is 0. The van der Waals surface area contributed by atoms with E-state index in [-0.39, 0.29) is 23.6 Å². The number of benzene rings is 2. The van der Waals surface area contributed by atoms with Gasteiger partial charge in [0.1, 0.15) is 11.5 Å². The quantitative estimate of drug-likeness (QED) is 0.781. The van der Waals surface area contributed by atoms with E-state index in [0.29, 0.717) is 5.56 Å². The zero-order valence-corrected chi connectivity index (χ0v) is 13.1. The van der Waals surface area contributed by atoms with Crippen LogP contribution in [0.3, 0.4) is 0 Å². The molecule has 2 aromatic carbocycles. The SMILES string of the molecule is CC(N[C@@H](C)c1cccc(Br)c1)c1c(O)cccc1O. The first kappa shape index (κ1) is 14.9. The highest BCUT2D eigenvalue weighted by atomic mass is 79.9. The van der Waals surface area contributed by atoms with Gasteiger partial charge in [-0.3, -0.25) is 0 Å². The second kappa shape index (κ2) is 6.29. The highest BCUT2D eigenvalue weighted by Gasteiger charge is 2.17. The predicted octanol–water partition coefficient (Wildman–Crippen LogP) is 4.27. The Kier molecular flexibility index (Phi) is 4.68. The molecule has 0 radical (unpaired) electrons. The van der Waals surface area contributed by atoms with Gasteiger partial charge in [0.2, 0.25) is 0 Å². The molecule has 0 aliphatic rings. The Morgan fingerprint density at radius 3 is 2.15 bits per heavy atom. The van der Waals surface area contributed by atoms with Crippen LogP contribution in [0.1, 0.15) is 37.1 Å². The molecule has 3 N–H and O–H groups in total. The lowest BCUT2D eigenvalue weighted by Crippen LogP contribution is -2.22. The molecule has 0 saturated carbocycles. The summed E-state index contributed by atoms with van der Waals surface area (Å²) in [6.45, 7) is 3.97. The molecule has 1 unspecified atom stereocenters. The van der Waals surface area contributed by atoms with Crippen molar-refractivity contribution in [2.24, 2.45) is 0 Å². The molecular weight excluding hydrogens is 318 g/mol. The summed E-state index contributed by atoms with van der Waals surface area (Å²) in [5, 5.41) is 23.1. The van der Waals surface area contributed by atoms with E-state index in [0.717, 1.165) is 10.0 Å². The molecule has 4 heteroatoms. The molecule has 0 saturated heterocycles. The lowest BCUT2D eigenvalue weighted by atomic mass is 10.0. The van der Waals surface area contributed by atoms with Crippen LogP contribution < -0.4 is 5.32 Å². The van der Waals surface area contributed by atoms with Gasteiger partial charge < -0.3 is 15.5 Å². The number of aromatic hydroxyl groups is 2. The normalized spacial score (nSPS) is 13.9. The fraction of sp³-hybridized carbons (Fsp3) is 0.250. The van der Waals surface area contributed by atoms with Crippen molar-refractivity contribution < 1.29 is 10.2 Å². The maximum atomic E-state index is 9.88. The number of halogens is 1. The van der Waals surface area contributed by atoms with Gasteiger partial charge in [0.05, 0.1) is 5.56 Å². The largest absolute Gasteiger partial charge is 0.507 e. The average molecular weight is 336 g/mol. The molecule has 0 spiro atoms. The standard InChI is InChI=1S/C16H18BrNO2/c1-10(12-5-3-6-13(17)9-12)18-11(2)16-14(19)7-4-8-15(16)20/h3-11,18-20H,1-2H3/t10-,11?/m0/s1. The van der Waals surface area contributed by atoms with Gasteiger partial charge in [0.25, 0.3) is 0 Å². The fourth-order valence-corrected chi connectivity index (χ4v) is 2.73. The van der Waals surface area contributed by atoms with Crippen LogP contribution in [-0.4, -0.2) is 10.2 Å². The highest BCUT2D eigenvalue weighted by molar-refractivity contribution is 9.10. The summed E-state index contributed by atoms with van der Waals surface area (Å²) >= 11 is 3.46. The number of phenols is 2. The van der Waals surface area contributed by atoms with E-state index in [1.54, 1.807) is 18.2 Å². The number of rotatable bonds is 4.